The molecule has 0 radical (unpaired) electrons. The molecular formula is C15H21N3O2S. The van der Waals surface area contributed by atoms with Crippen LogP contribution in [-0.2, 0) is 17.6 Å². The average molecular weight is 307 g/mol. The van der Waals surface area contributed by atoms with Crippen LogP contribution in [0.5, 0.6) is 0 Å². The molecule has 0 aromatic carbocycles. The van der Waals surface area contributed by atoms with Crippen LogP contribution in [0, 0.1) is 6.92 Å². The molecule has 0 amide bonds. The third-order valence-electron chi connectivity index (χ3n) is 3.45. The number of aromatic nitrogens is 2. The lowest BCUT2D eigenvalue weighted by Gasteiger charge is -2.17. The van der Waals surface area contributed by atoms with E-state index in [2.05, 4.69) is 31.0 Å². The number of methoxy groups -OCH3 is 1. The van der Waals surface area contributed by atoms with E-state index in [1.165, 1.54) is 16.9 Å². The Hall–Kier alpha value is -1.82. The maximum absolute atomic E-state index is 11.7. The van der Waals surface area contributed by atoms with Crippen LogP contribution in [0.1, 0.15) is 46.0 Å². The Morgan fingerprint density at radius 2 is 2.24 bits per heavy atom. The van der Waals surface area contributed by atoms with Gasteiger partial charge in [-0.25, -0.2) is 9.78 Å². The van der Waals surface area contributed by atoms with Crippen molar-refractivity contribution < 1.29 is 9.53 Å². The Morgan fingerprint density at radius 1 is 1.52 bits per heavy atom. The minimum absolute atomic E-state index is 0.143. The van der Waals surface area contributed by atoms with Crippen molar-refractivity contribution in [3.05, 3.63) is 33.4 Å². The summed E-state index contributed by atoms with van der Waals surface area (Å²) in [5, 5.41) is 0. The van der Waals surface area contributed by atoms with Crippen molar-refractivity contribution in [3.8, 4) is 0 Å². The minimum Gasteiger partial charge on any atom is -0.464 e. The number of esters is 1. The number of aryl methyl sites for hydroxylation is 2. The second kappa shape index (κ2) is 6.30. The topological polar surface area (TPSA) is 70.1 Å². The van der Waals surface area contributed by atoms with Crippen molar-refractivity contribution in [3.63, 3.8) is 0 Å². The van der Waals surface area contributed by atoms with E-state index < -0.39 is 5.97 Å². The lowest BCUT2D eigenvalue weighted by atomic mass is 10.2. The summed E-state index contributed by atoms with van der Waals surface area (Å²) in [4.78, 5) is 18.7. The van der Waals surface area contributed by atoms with Crippen molar-refractivity contribution >= 4 is 23.1 Å². The molecular weight excluding hydrogens is 286 g/mol. The number of thiophene rings is 1. The molecule has 0 spiro atoms. The molecule has 21 heavy (non-hydrogen) atoms. The van der Waals surface area contributed by atoms with Crippen molar-refractivity contribution in [1.82, 2.24) is 9.55 Å². The molecule has 0 aliphatic carbocycles. The van der Waals surface area contributed by atoms with Crippen LogP contribution >= 0.6 is 11.3 Å². The van der Waals surface area contributed by atoms with Gasteiger partial charge in [0.05, 0.1) is 7.11 Å². The van der Waals surface area contributed by atoms with Gasteiger partial charge < -0.3 is 15.0 Å². The molecule has 0 saturated heterocycles. The van der Waals surface area contributed by atoms with Crippen molar-refractivity contribution in [2.45, 2.75) is 39.7 Å². The highest BCUT2D eigenvalue weighted by atomic mass is 32.1. The standard InChI is InChI=1S/C15H21N3O2S/c1-5-12-17-13(15(19)20-4)14(16)18(12)9(2)8-11-7-6-10(3)21-11/h6-7,9H,5,8,16H2,1-4H3. The molecule has 0 aliphatic rings. The summed E-state index contributed by atoms with van der Waals surface area (Å²) in [5.74, 6) is 0.716. The number of carbonyl (C=O) groups is 1. The molecule has 2 heterocycles. The number of imidazole rings is 1. The van der Waals surface area contributed by atoms with Crippen LogP contribution in [0.2, 0.25) is 0 Å². The number of nitrogen functional groups attached to an aromatic ring is 1. The molecule has 2 aromatic heterocycles. The van der Waals surface area contributed by atoms with E-state index in [9.17, 15) is 4.79 Å². The fraction of sp³-hybridized carbons (Fsp3) is 0.467. The molecule has 2 N–H and O–H groups in total. The number of anilines is 1. The monoisotopic (exact) mass is 307 g/mol. The molecule has 0 saturated carbocycles. The molecule has 1 unspecified atom stereocenters. The summed E-state index contributed by atoms with van der Waals surface area (Å²) in [6, 6.07) is 4.39. The minimum atomic E-state index is -0.486. The van der Waals surface area contributed by atoms with Gasteiger partial charge in [0, 0.05) is 28.6 Å². The van der Waals surface area contributed by atoms with Gasteiger partial charge in [-0.3, -0.25) is 0 Å². The maximum Gasteiger partial charge on any atom is 0.360 e. The van der Waals surface area contributed by atoms with E-state index in [-0.39, 0.29) is 11.7 Å². The van der Waals surface area contributed by atoms with E-state index in [0.717, 1.165) is 18.7 Å². The number of hydrogen-bond acceptors (Lipinski definition) is 5. The SMILES string of the molecule is CCc1nc(C(=O)OC)c(N)n1C(C)Cc1ccc(C)s1. The normalized spacial score (nSPS) is 12.4. The smallest absolute Gasteiger partial charge is 0.360 e. The number of hydrogen-bond donors (Lipinski definition) is 1. The average Bonchev–Trinajstić information content (AvgIpc) is 3.01. The van der Waals surface area contributed by atoms with Gasteiger partial charge in [-0.1, -0.05) is 6.92 Å². The van der Waals surface area contributed by atoms with E-state index in [0.29, 0.717) is 5.82 Å². The zero-order valence-corrected chi connectivity index (χ0v) is 13.7. The zero-order valence-electron chi connectivity index (χ0n) is 12.8. The Kier molecular flexibility index (Phi) is 4.67. The summed E-state index contributed by atoms with van der Waals surface area (Å²) in [6.45, 7) is 6.19. The van der Waals surface area contributed by atoms with Crippen molar-refractivity contribution in [2.24, 2.45) is 0 Å². The Labute approximate surface area is 128 Å². The van der Waals surface area contributed by atoms with Crippen molar-refractivity contribution in [2.75, 3.05) is 12.8 Å². The molecule has 0 aliphatic heterocycles. The molecule has 0 fully saturated rings. The third-order valence-corrected chi connectivity index (χ3v) is 4.47. The highest BCUT2D eigenvalue weighted by Crippen LogP contribution is 2.26. The van der Waals surface area contributed by atoms with Gasteiger partial charge in [-0.15, -0.1) is 11.3 Å². The summed E-state index contributed by atoms with van der Waals surface area (Å²) < 4.78 is 6.68. The van der Waals surface area contributed by atoms with E-state index in [1.54, 1.807) is 11.3 Å². The number of rotatable bonds is 5. The maximum atomic E-state index is 11.7. The van der Waals surface area contributed by atoms with Crippen LogP contribution in [0.25, 0.3) is 0 Å². The van der Waals surface area contributed by atoms with Gasteiger partial charge in [0.2, 0.25) is 0 Å². The van der Waals surface area contributed by atoms with Gasteiger partial charge in [-0.05, 0) is 26.0 Å². The van der Waals surface area contributed by atoms with Gasteiger partial charge in [0.15, 0.2) is 5.69 Å². The first-order valence-corrected chi connectivity index (χ1v) is 7.79. The number of nitrogens with two attached hydrogens (primary N) is 1. The summed E-state index contributed by atoms with van der Waals surface area (Å²) in [6.07, 6.45) is 1.59. The van der Waals surface area contributed by atoms with Gasteiger partial charge in [0.1, 0.15) is 11.6 Å². The molecule has 5 nitrogen and oxygen atoms in total. The highest BCUT2D eigenvalue weighted by molar-refractivity contribution is 7.11. The van der Waals surface area contributed by atoms with E-state index >= 15 is 0 Å². The van der Waals surface area contributed by atoms with Crippen LogP contribution in [0.4, 0.5) is 5.82 Å². The first kappa shape index (κ1) is 15.6. The third kappa shape index (κ3) is 3.10. The lowest BCUT2D eigenvalue weighted by Crippen LogP contribution is -2.14. The Bertz CT molecular complexity index is 645. The fourth-order valence-electron chi connectivity index (χ4n) is 2.46. The second-order valence-electron chi connectivity index (χ2n) is 5.04. The number of nitrogens with zero attached hydrogens (tertiary/aromatic N) is 2. The largest absolute Gasteiger partial charge is 0.464 e. The quantitative estimate of drug-likeness (QED) is 0.862. The van der Waals surface area contributed by atoms with Gasteiger partial charge in [0.25, 0.3) is 0 Å². The summed E-state index contributed by atoms with van der Waals surface area (Å²) in [5.41, 5.74) is 6.33. The predicted octanol–water partition coefficient (Wildman–Crippen LogP) is 2.99. The number of carbonyl (C=O) groups excluding carboxylic acids is 1. The van der Waals surface area contributed by atoms with Crippen molar-refractivity contribution in [1.29, 1.82) is 0 Å². The first-order valence-electron chi connectivity index (χ1n) is 6.98. The Morgan fingerprint density at radius 3 is 2.76 bits per heavy atom. The van der Waals surface area contributed by atoms with E-state index in [1.807, 2.05) is 11.5 Å². The molecule has 2 rings (SSSR count). The molecule has 114 valence electrons. The highest BCUT2D eigenvalue weighted by Gasteiger charge is 2.23. The van der Waals surface area contributed by atoms with Gasteiger partial charge >= 0.3 is 5.97 Å². The zero-order chi connectivity index (χ0) is 15.6. The van der Waals surface area contributed by atoms with Crippen LogP contribution in [0.3, 0.4) is 0 Å². The van der Waals surface area contributed by atoms with Gasteiger partial charge in [-0.2, -0.15) is 0 Å². The molecule has 2 aromatic rings. The number of ether oxygens (including phenoxy) is 1. The predicted molar refractivity (Wildman–Crippen MR) is 84.8 cm³/mol. The van der Waals surface area contributed by atoms with Crippen LogP contribution in [0.15, 0.2) is 12.1 Å². The molecule has 0 bridgehead atoms. The summed E-state index contributed by atoms with van der Waals surface area (Å²) >= 11 is 1.78. The molecule has 1 atom stereocenters. The van der Waals surface area contributed by atoms with E-state index in [4.69, 9.17) is 10.5 Å². The van der Waals surface area contributed by atoms with Crippen LogP contribution in [-0.4, -0.2) is 22.6 Å². The second-order valence-corrected chi connectivity index (χ2v) is 6.41. The fourth-order valence-corrected chi connectivity index (χ4v) is 3.47. The summed E-state index contributed by atoms with van der Waals surface area (Å²) in [7, 11) is 1.34. The first-order chi connectivity index (χ1) is 9.97. The molecule has 6 heteroatoms. The lowest BCUT2D eigenvalue weighted by molar-refractivity contribution is 0.0595. The van der Waals surface area contributed by atoms with Crippen LogP contribution < -0.4 is 5.73 Å². The Balaban J connectivity index is 2.33.